The normalized spacial score (nSPS) is 13.8. The Morgan fingerprint density at radius 2 is 1.39 bits per heavy atom. The fraction of sp³-hybridized carbons (Fsp3) is 0.400. The summed E-state index contributed by atoms with van der Waals surface area (Å²) in [5.74, 6) is -0.997. The van der Waals surface area contributed by atoms with Crippen molar-refractivity contribution < 1.29 is 35.8 Å². The number of rotatable bonds is 1. The van der Waals surface area contributed by atoms with Crippen LogP contribution in [0, 0.1) is 12.7 Å². The van der Waals surface area contributed by atoms with Gasteiger partial charge in [-0.15, -0.1) is 0 Å². The molecule has 0 unspecified atom stereocenters. The lowest BCUT2D eigenvalue weighted by Crippen LogP contribution is -2.54. The minimum Gasteiger partial charge on any atom is -0.369 e. The third-order valence-electron chi connectivity index (χ3n) is 2.40. The molecule has 0 bridgehead atoms. The zero-order valence-corrected chi connectivity index (χ0v) is 8.83. The number of hydrogen-bond donors (Lipinski definition) is 1. The molecule has 1 nitrogen and oxygen atoms in total. The Hall–Kier alpha value is -1.31. The van der Waals surface area contributed by atoms with Gasteiger partial charge in [-0.1, -0.05) is 6.07 Å². The van der Waals surface area contributed by atoms with Gasteiger partial charge in [0.15, 0.2) is 0 Å². The number of aryl methyl sites for hydroxylation is 1. The number of alkyl halides is 6. The maximum Gasteiger partial charge on any atom is 0.430 e. The average molecular weight is 276 g/mol. The molecule has 0 saturated carbocycles. The van der Waals surface area contributed by atoms with Crippen molar-refractivity contribution in [2.45, 2.75) is 24.9 Å². The Morgan fingerprint density at radius 1 is 0.944 bits per heavy atom. The third-order valence-corrected chi connectivity index (χ3v) is 2.40. The monoisotopic (exact) mass is 276 g/mol. The van der Waals surface area contributed by atoms with Crippen molar-refractivity contribution >= 4 is 0 Å². The molecule has 0 spiro atoms. The van der Waals surface area contributed by atoms with Crippen LogP contribution in [0.2, 0.25) is 0 Å². The lowest BCUT2D eigenvalue weighted by molar-refractivity contribution is -0.376. The summed E-state index contributed by atoms with van der Waals surface area (Å²) >= 11 is 0. The largest absolute Gasteiger partial charge is 0.430 e. The molecule has 0 aromatic heterocycles. The van der Waals surface area contributed by atoms with E-state index < -0.39 is 34.9 Å². The van der Waals surface area contributed by atoms with Crippen LogP contribution in [0.15, 0.2) is 18.2 Å². The molecule has 0 atom stereocenters. The molecule has 0 amide bonds. The second-order valence-electron chi connectivity index (χ2n) is 3.67. The highest BCUT2D eigenvalue weighted by atomic mass is 19.4. The fourth-order valence-electron chi connectivity index (χ4n) is 1.50. The Balaban J connectivity index is 3.56. The predicted octanol–water partition coefficient (Wildman–Crippen LogP) is 3.45. The van der Waals surface area contributed by atoms with Crippen molar-refractivity contribution in [3.8, 4) is 0 Å². The smallest absolute Gasteiger partial charge is 0.369 e. The van der Waals surface area contributed by atoms with Crippen molar-refractivity contribution in [2.75, 3.05) is 0 Å². The first-order valence-corrected chi connectivity index (χ1v) is 4.53. The second kappa shape index (κ2) is 4.11. The molecule has 1 rings (SSSR count). The van der Waals surface area contributed by atoms with Crippen LogP contribution in [0.4, 0.5) is 30.7 Å². The number of aliphatic hydroxyl groups is 1. The van der Waals surface area contributed by atoms with E-state index in [1.54, 1.807) is 0 Å². The summed E-state index contributed by atoms with van der Waals surface area (Å²) in [5, 5.41) is 9.05. The van der Waals surface area contributed by atoms with E-state index in [1.165, 1.54) is 0 Å². The maximum atomic E-state index is 12.7. The van der Waals surface area contributed by atoms with Crippen LogP contribution in [-0.4, -0.2) is 17.5 Å². The van der Waals surface area contributed by atoms with Gasteiger partial charge in [0.05, 0.1) is 0 Å². The van der Waals surface area contributed by atoms with E-state index in [2.05, 4.69) is 0 Å². The van der Waals surface area contributed by atoms with Crippen molar-refractivity contribution in [3.63, 3.8) is 0 Å². The maximum absolute atomic E-state index is 12.7. The fourth-order valence-corrected chi connectivity index (χ4v) is 1.50. The lowest BCUT2D eigenvalue weighted by Gasteiger charge is -2.33. The van der Waals surface area contributed by atoms with Crippen LogP contribution in [0.25, 0.3) is 0 Å². The summed E-state index contributed by atoms with van der Waals surface area (Å²) in [6.45, 7) is 0.848. The van der Waals surface area contributed by atoms with Gasteiger partial charge in [-0.3, -0.25) is 0 Å². The van der Waals surface area contributed by atoms with E-state index in [-0.39, 0.29) is 6.07 Å². The molecule has 1 aromatic rings. The molecule has 0 aliphatic carbocycles. The van der Waals surface area contributed by atoms with Gasteiger partial charge in [0.2, 0.25) is 0 Å². The second-order valence-corrected chi connectivity index (χ2v) is 3.67. The molecule has 102 valence electrons. The first kappa shape index (κ1) is 14.7. The van der Waals surface area contributed by atoms with Crippen molar-refractivity contribution in [2.24, 2.45) is 0 Å². The van der Waals surface area contributed by atoms with E-state index in [0.29, 0.717) is 12.1 Å². The molecule has 0 saturated heterocycles. The Kier molecular flexibility index (Phi) is 3.37. The van der Waals surface area contributed by atoms with Gasteiger partial charge in [0, 0.05) is 5.56 Å². The van der Waals surface area contributed by atoms with Crippen LogP contribution in [0.5, 0.6) is 0 Å². The predicted molar refractivity (Wildman–Crippen MR) is 47.1 cm³/mol. The molecule has 0 radical (unpaired) electrons. The van der Waals surface area contributed by atoms with Gasteiger partial charge in [0.1, 0.15) is 5.82 Å². The Labute approximate surface area is 96.8 Å². The van der Waals surface area contributed by atoms with E-state index >= 15 is 0 Å². The van der Waals surface area contributed by atoms with Crippen LogP contribution in [-0.2, 0) is 5.60 Å². The summed E-state index contributed by atoms with van der Waals surface area (Å²) in [7, 11) is 0. The highest BCUT2D eigenvalue weighted by Crippen LogP contribution is 2.50. The van der Waals surface area contributed by atoms with Crippen molar-refractivity contribution in [3.05, 3.63) is 35.1 Å². The highest BCUT2D eigenvalue weighted by Gasteiger charge is 2.71. The van der Waals surface area contributed by atoms with Crippen LogP contribution in [0.1, 0.15) is 11.1 Å². The van der Waals surface area contributed by atoms with E-state index in [4.69, 9.17) is 5.11 Å². The highest BCUT2D eigenvalue weighted by molar-refractivity contribution is 5.34. The van der Waals surface area contributed by atoms with Gasteiger partial charge in [-0.25, -0.2) is 4.39 Å². The number of hydrogen-bond acceptors (Lipinski definition) is 1. The third kappa shape index (κ3) is 2.16. The molecule has 1 aromatic carbocycles. The standard InChI is InChI=1S/C10H7F7O/c1-5-4-6(11)2-3-7(5)8(18,9(12,13)14)10(15,16)17/h2-4,18H,1H3. The molecule has 0 heterocycles. The van der Waals surface area contributed by atoms with Crippen LogP contribution < -0.4 is 0 Å². The minimum atomic E-state index is -5.96. The molecular weight excluding hydrogens is 269 g/mol. The van der Waals surface area contributed by atoms with Crippen LogP contribution >= 0.6 is 0 Å². The molecular formula is C10H7F7O. The van der Waals surface area contributed by atoms with Crippen molar-refractivity contribution in [1.29, 1.82) is 0 Å². The lowest BCUT2D eigenvalue weighted by atomic mass is 9.89. The Morgan fingerprint density at radius 3 is 1.72 bits per heavy atom. The van der Waals surface area contributed by atoms with E-state index in [0.717, 1.165) is 6.92 Å². The average Bonchev–Trinajstić information content (AvgIpc) is 2.12. The summed E-state index contributed by atoms with van der Waals surface area (Å²) < 4.78 is 87.7. The zero-order valence-electron chi connectivity index (χ0n) is 8.83. The SMILES string of the molecule is Cc1cc(F)ccc1C(O)(C(F)(F)F)C(F)(F)F. The minimum absolute atomic E-state index is 0.269. The molecule has 0 aliphatic heterocycles. The van der Waals surface area contributed by atoms with E-state index in [1.807, 2.05) is 0 Å². The number of benzene rings is 1. The summed E-state index contributed by atoms with van der Waals surface area (Å²) in [5.41, 5.74) is -7.10. The molecule has 1 N–H and O–H groups in total. The number of halogens is 7. The van der Waals surface area contributed by atoms with Gasteiger partial charge in [0.25, 0.3) is 5.60 Å². The van der Waals surface area contributed by atoms with Crippen molar-refractivity contribution in [1.82, 2.24) is 0 Å². The zero-order chi connectivity index (χ0) is 14.4. The first-order chi connectivity index (χ1) is 7.91. The van der Waals surface area contributed by atoms with E-state index in [9.17, 15) is 30.7 Å². The molecule has 0 fully saturated rings. The molecule has 18 heavy (non-hydrogen) atoms. The van der Waals surface area contributed by atoms with Gasteiger partial charge >= 0.3 is 12.4 Å². The Bertz CT molecular complexity index is 433. The van der Waals surface area contributed by atoms with Gasteiger partial charge in [-0.2, -0.15) is 26.3 Å². The quantitative estimate of drug-likeness (QED) is 0.779. The topological polar surface area (TPSA) is 20.2 Å². The summed E-state index contributed by atoms with van der Waals surface area (Å²) in [6.07, 6.45) is -11.9. The van der Waals surface area contributed by atoms with Gasteiger partial charge in [-0.05, 0) is 24.6 Å². The first-order valence-electron chi connectivity index (χ1n) is 4.53. The van der Waals surface area contributed by atoms with Gasteiger partial charge < -0.3 is 5.11 Å². The van der Waals surface area contributed by atoms with Crippen LogP contribution in [0.3, 0.4) is 0 Å². The molecule has 8 heteroatoms. The summed E-state index contributed by atoms with van der Waals surface area (Å²) in [4.78, 5) is 0. The summed E-state index contributed by atoms with van der Waals surface area (Å²) in [6, 6.07) is 1.17. The molecule has 0 aliphatic rings.